The lowest BCUT2D eigenvalue weighted by Crippen LogP contribution is -2.30. The summed E-state index contributed by atoms with van der Waals surface area (Å²) < 4.78 is 18.1. The second-order valence-electron chi connectivity index (χ2n) is 5.26. The number of methoxy groups -OCH3 is 1. The summed E-state index contributed by atoms with van der Waals surface area (Å²) in [4.78, 5) is 14.0. The highest BCUT2D eigenvalue weighted by atomic mass is 19.1. The number of hydrogen-bond donors (Lipinski definition) is 0. The van der Waals surface area contributed by atoms with Gasteiger partial charge in [-0.25, -0.2) is 4.39 Å². The number of rotatable bonds is 5. The van der Waals surface area contributed by atoms with Gasteiger partial charge in [-0.2, -0.15) is 0 Å². The third kappa shape index (κ3) is 3.85. The molecule has 1 amide bonds. The van der Waals surface area contributed by atoms with Crippen LogP contribution in [-0.4, -0.2) is 25.0 Å². The maximum Gasteiger partial charge on any atom is 0.227 e. The van der Waals surface area contributed by atoms with Crippen LogP contribution in [0.2, 0.25) is 0 Å². The summed E-state index contributed by atoms with van der Waals surface area (Å²) in [6.45, 7) is 1.93. The van der Waals surface area contributed by atoms with Crippen LogP contribution in [0.25, 0.3) is 0 Å². The molecule has 0 bridgehead atoms. The molecule has 1 unspecified atom stereocenters. The van der Waals surface area contributed by atoms with Gasteiger partial charge in [0.05, 0.1) is 19.6 Å². The van der Waals surface area contributed by atoms with Crippen molar-refractivity contribution in [2.45, 2.75) is 19.4 Å². The van der Waals surface area contributed by atoms with Crippen LogP contribution in [-0.2, 0) is 11.2 Å². The van der Waals surface area contributed by atoms with Crippen molar-refractivity contribution in [1.29, 1.82) is 0 Å². The predicted octanol–water partition coefficient (Wildman–Crippen LogP) is 3.60. The molecule has 0 aliphatic carbocycles. The summed E-state index contributed by atoms with van der Waals surface area (Å²) in [7, 11) is 3.37. The van der Waals surface area contributed by atoms with Crippen molar-refractivity contribution in [3.8, 4) is 5.75 Å². The van der Waals surface area contributed by atoms with Gasteiger partial charge in [-0.3, -0.25) is 4.79 Å². The van der Waals surface area contributed by atoms with Gasteiger partial charge < -0.3 is 9.64 Å². The SMILES string of the molecule is COc1ccc(CC(=O)N(C)C(C)c2ccc(F)cc2)cc1. The van der Waals surface area contributed by atoms with Crippen molar-refractivity contribution in [3.63, 3.8) is 0 Å². The minimum absolute atomic E-state index is 0.0157. The lowest BCUT2D eigenvalue weighted by Gasteiger charge is -2.25. The van der Waals surface area contributed by atoms with Gasteiger partial charge in [0.1, 0.15) is 11.6 Å². The minimum Gasteiger partial charge on any atom is -0.497 e. The van der Waals surface area contributed by atoms with Gasteiger partial charge in [0.15, 0.2) is 0 Å². The Balaban J connectivity index is 2.02. The second-order valence-corrected chi connectivity index (χ2v) is 5.26. The molecule has 0 aliphatic heterocycles. The standard InChI is InChI=1S/C18H20FNO2/c1-13(15-6-8-16(19)9-7-15)20(2)18(21)12-14-4-10-17(22-3)11-5-14/h4-11,13H,12H2,1-3H3. The Kier molecular flexibility index (Phi) is 5.15. The van der Waals surface area contributed by atoms with E-state index in [0.29, 0.717) is 6.42 Å². The monoisotopic (exact) mass is 301 g/mol. The number of benzene rings is 2. The number of carbonyl (C=O) groups is 1. The van der Waals surface area contributed by atoms with E-state index in [1.54, 1.807) is 31.2 Å². The molecule has 1 atom stereocenters. The average Bonchev–Trinajstić information content (AvgIpc) is 2.55. The van der Waals surface area contributed by atoms with Crippen molar-refractivity contribution in [2.75, 3.05) is 14.2 Å². The van der Waals surface area contributed by atoms with E-state index in [9.17, 15) is 9.18 Å². The molecule has 116 valence electrons. The number of nitrogens with zero attached hydrogens (tertiary/aromatic N) is 1. The van der Waals surface area contributed by atoms with Gasteiger partial charge in [-0.1, -0.05) is 24.3 Å². The van der Waals surface area contributed by atoms with Crippen molar-refractivity contribution in [2.24, 2.45) is 0 Å². The Labute approximate surface area is 130 Å². The number of halogens is 1. The van der Waals surface area contributed by atoms with Crippen LogP contribution in [0.3, 0.4) is 0 Å². The molecule has 0 radical (unpaired) electrons. The van der Waals surface area contributed by atoms with Crippen molar-refractivity contribution in [3.05, 3.63) is 65.5 Å². The highest BCUT2D eigenvalue weighted by Crippen LogP contribution is 2.20. The third-order valence-corrected chi connectivity index (χ3v) is 3.84. The molecule has 0 saturated carbocycles. The van der Waals surface area contributed by atoms with E-state index >= 15 is 0 Å². The lowest BCUT2D eigenvalue weighted by molar-refractivity contribution is -0.131. The molecule has 2 rings (SSSR count). The third-order valence-electron chi connectivity index (χ3n) is 3.84. The normalized spacial score (nSPS) is 11.8. The predicted molar refractivity (Wildman–Crippen MR) is 84.3 cm³/mol. The molecule has 0 fully saturated rings. The van der Waals surface area contributed by atoms with Gasteiger partial charge in [-0.15, -0.1) is 0 Å². The summed E-state index contributed by atoms with van der Waals surface area (Å²) in [6, 6.07) is 13.6. The van der Waals surface area contributed by atoms with E-state index in [1.807, 2.05) is 31.2 Å². The topological polar surface area (TPSA) is 29.5 Å². The highest BCUT2D eigenvalue weighted by molar-refractivity contribution is 5.79. The summed E-state index contributed by atoms with van der Waals surface area (Å²) in [5.74, 6) is 0.509. The Bertz CT molecular complexity index is 623. The van der Waals surface area contributed by atoms with Crippen LogP contribution in [0, 0.1) is 5.82 Å². The zero-order valence-corrected chi connectivity index (χ0v) is 13.0. The van der Waals surface area contributed by atoms with Crippen LogP contribution in [0.4, 0.5) is 4.39 Å². The minimum atomic E-state index is -0.275. The summed E-state index contributed by atoms with van der Waals surface area (Å²) >= 11 is 0. The van der Waals surface area contributed by atoms with Gasteiger partial charge in [-0.05, 0) is 42.3 Å². The largest absolute Gasteiger partial charge is 0.497 e. The molecule has 0 spiro atoms. The van der Waals surface area contributed by atoms with E-state index in [0.717, 1.165) is 16.9 Å². The summed E-state index contributed by atoms with van der Waals surface area (Å²) in [6.07, 6.45) is 0.325. The molecule has 0 aliphatic rings. The van der Waals surface area contributed by atoms with Crippen LogP contribution >= 0.6 is 0 Å². The molecule has 2 aromatic rings. The zero-order valence-electron chi connectivity index (χ0n) is 13.0. The number of likely N-dealkylation sites (N-methyl/N-ethyl adjacent to an activating group) is 1. The van der Waals surface area contributed by atoms with Crippen LogP contribution in [0.5, 0.6) is 5.75 Å². The Morgan fingerprint density at radius 3 is 2.27 bits per heavy atom. The van der Waals surface area contributed by atoms with Crippen LogP contribution < -0.4 is 4.74 Å². The van der Waals surface area contributed by atoms with Crippen molar-refractivity contribution in [1.82, 2.24) is 4.90 Å². The smallest absolute Gasteiger partial charge is 0.227 e. The first-order valence-electron chi connectivity index (χ1n) is 7.15. The zero-order chi connectivity index (χ0) is 16.1. The first-order valence-corrected chi connectivity index (χ1v) is 7.15. The molecule has 2 aromatic carbocycles. The number of amides is 1. The molecule has 22 heavy (non-hydrogen) atoms. The molecule has 0 heterocycles. The molecule has 3 nitrogen and oxygen atoms in total. The quantitative estimate of drug-likeness (QED) is 0.844. The van der Waals surface area contributed by atoms with Crippen molar-refractivity contribution >= 4 is 5.91 Å². The van der Waals surface area contributed by atoms with E-state index in [4.69, 9.17) is 4.74 Å². The number of hydrogen-bond acceptors (Lipinski definition) is 2. The molecular formula is C18H20FNO2. The number of ether oxygens (including phenoxy) is 1. The van der Waals surface area contributed by atoms with Crippen LogP contribution in [0.1, 0.15) is 24.1 Å². The van der Waals surface area contributed by atoms with Gasteiger partial charge in [0, 0.05) is 7.05 Å². The van der Waals surface area contributed by atoms with Crippen LogP contribution in [0.15, 0.2) is 48.5 Å². The van der Waals surface area contributed by atoms with Gasteiger partial charge in [0.25, 0.3) is 0 Å². The molecular weight excluding hydrogens is 281 g/mol. The first kappa shape index (κ1) is 16.0. The fourth-order valence-corrected chi connectivity index (χ4v) is 2.22. The van der Waals surface area contributed by atoms with E-state index < -0.39 is 0 Å². The Hall–Kier alpha value is -2.36. The molecule has 0 saturated heterocycles. The second kappa shape index (κ2) is 7.07. The highest BCUT2D eigenvalue weighted by Gasteiger charge is 2.17. The summed E-state index contributed by atoms with van der Waals surface area (Å²) in [5, 5.41) is 0. The lowest BCUT2D eigenvalue weighted by atomic mass is 10.1. The van der Waals surface area contributed by atoms with E-state index in [1.165, 1.54) is 12.1 Å². The molecule has 0 aromatic heterocycles. The van der Waals surface area contributed by atoms with E-state index in [-0.39, 0.29) is 17.8 Å². The first-order chi connectivity index (χ1) is 10.5. The molecule has 0 N–H and O–H groups in total. The van der Waals surface area contributed by atoms with E-state index in [2.05, 4.69) is 0 Å². The fourth-order valence-electron chi connectivity index (χ4n) is 2.22. The van der Waals surface area contributed by atoms with Crippen molar-refractivity contribution < 1.29 is 13.9 Å². The average molecular weight is 301 g/mol. The maximum absolute atomic E-state index is 13.0. The molecule has 4 heteroatoms. The number of carbonyl (C=O) groups excluding carboxylic acids is 1. The van der Waals surface area contributed by atoms with Gasteiger partial charge >= 0.3 is 0 Å². The Morgan fingerprint density at radius 1 is 1.14 bits per heavy atom. The summed E-state index contributed by atoms with van der Waals surface area (Å²) in [5.41, 5.74) is 1.84. The van der Waals surface area contributed by atoms with Gasteiger partial charge in [0.2, 0.25) is 5.91 Å². The fraction of sp³-hybridized carbons (Fsp3) is 0.278. The maximum atomic E-state index is 13.0. The Morgan fingerprint density at radius 2 is 1.73 bits per heavy atom.